The number of H-pyrrole nitrogens is 1. The van der Waals surface area contributed by atoms with Crippen molar-refractivity contribution in [3.8, 4) is 0 Å². The SMILES string of the molecule is Cc1c(CN2C[C@H]3CC(O)C[C@H]3C2)[nH]c2ccc(Cl)cc12. The lowest BCUT2D eigenvalue weighted by Crippen LogP contribution is -2.23. The quantitative estimate of drug-likeness (QED) is 0.893. The lowest BCUT2D eigenvalue weighted by Gasteiger charge is -2.17. The second kappa shape index (κ2) is 5.01. The second-order valence-electron chi connectivity index (χ2n) is 6.76. The van der Waals surface area contributed by atoms with Crippen LogP contribution in [0.2, 0.25) is 5.02 Å². The molecule has 1 aliphatic heterocycles. The summed E-state index contributed by atoms with van der Waals surface area (Å²) in [7, 11) is 0. The Morgan fingerprint density at radius 2 is 2.00 bits per heavy atom. The minimum absolute atomic E-state index is 0.0564. The molecule has 0 radical (unpaired) electrons. The van der Waals surface area contributed by atoms with Gasteiger partial charge in [0.15, 0.2) is 0 Å². The number of hydrogen-bond acceptors (Lipinski definition) is 2. The zero-order valence-electron chi connectivity index (χ0n) is 12.3. The number of halogens is 1. The van der Waals surface area contributed by atoms with Gasteiger partial charge in [0, 0.05) is 41.3 Å². The topological polar surface area (TPSA) is 39.3 Å². The van der Waals surface area contributed by atoms with E-state index in [-0.39, 0.29) is 6.10 Å². The molecule has 4 rings (SSSR count). The van der Waals surface area contributed by atoms with Crippen molar-refractivity contribution < 1.29 is 5.11 Å². The molecule has 0 amide bonds. The van der Waals surface area contributed by atoms with E-state index in [0.717, 1.165) is 37.5 Å². The van der Waals surface area contributed by atoms with Gasteiger partial charge in [-0.05, 0) is 55.4 Å². The monoisotopic (exact) mass is 304 g/mol. The third-order valence-corrected chi connectivity index (χ3v) is 5.54. The first-order valence-corrected chi connectivity index (χ1v) is 8.15. The number of nitrogens with one attached hydrogen (secondary N) is 1. The van der Waals surface area contributed by atoms with Crippen LogP contribution in [0.15, 0.2) is 18.2 Å². The van der Waals surface area contributed by atoms with Crippen molar-refractivity contribution in [3.63, 3.8) is 0 Å². The molecule has 2 fully saturated rings. The first kappa shape index (κ1) is 13.6. The largest absolute Gasteiger partial charge is 0.393 e. The smallest absolute Gasteiger partial charge is 0.0546 e. The molecule has 1 saturated heterocycles. The summed E-state index contributed by atoms with van der Waals surface area (Å²) < 4.78 is 0. The zero-order valence-corrected chi connectivity index (χ0v) is 13.0. The van der Waals surface area contributed by atoms with Crippen LogP contribution in [-0.4, -0.2) is 34.2 Å². The van der Waals surface area contributed by atoms with E-state index in [1.54, 1.807) is 0 Å². The molecule has 1 aliphatic carbocycles. The van der Waals surface area contributed by atoms with Crippen LogP contribution in [0.25, 0.3) is 10.9 Å². The Kier molecular flexibility index (Phi) is 3.25. The van der Waals surface area contributed by atoms with Crippen molar-refractivity contribution >= 4 is 22.5 Å². The van der Waals surface area contributed by atoms with Gasteiger partial charge in [-0.25, -0.2) is 0 Å². The summed E-state index contributed by atoms with van der Waals surface area (Å²) in [4.78, 5) is 6.07. The van der Waals surface area contributed by atoms with E-state index in [4.69, 9.17) is 11.6 Å². The minimum Gasteiger partial charge on any atom is -0.393 e. The van der Waals surface area contributed by atoms with Gasteiger partial charge in [-0.15, -0.1) is 0 Å². The van der Waals surface area contributed by atoms with Crippen molar-refractivity contribution in [2.45, 2.75) is 32.4 Å². The van der Waals surface area contributed by atoms with E-state index in [1.165, 1.54) is 22.2 Å². The molecule has 2 aromatic rings. The molecular formula is C17H21ClN2O. The number of aliphatic hydroxyl groups is 1. The van der Waals surface area contributed by atoms with E-state index in [1.807, 2.05) is 12.1 Å². The van der Waals surface area contributed by atoms with Crippen LogP contribution < -0.4 is 0 Å². The van der Waals surface area contributed by atoms with E-state index in [2.05, 4.69) is 22.9 Å². The Labute approximate surface area is 129 Å². The Morgan fingerprint density at radius 1 is 1.29 bits per heavy atom. The van der Waals surface area contributed by atoms with Crippen molar-refractivity contribution in [3.05, 3.63) is 34.5 Å². The minimum atomic E-state index is -0.0564. The summed E-state index contributed by atoms with van der Waals surface area (Å²) >= 11 is 6.10. The lowest BCUT2D eigenvalue weighted by molar-refractivity contribution is 0.161. The van der Waals surface area contributed by atoms with E-state index in [0.29, 0.717) is 11.8 Å². The summed E-state index contributed by atoms with van der Waals surface area (Å²) in [5, 5.41) is 11.8. The molecule has 112 valence electrons. The number of fused-ring (bicyclic) bond motifs is 2. The molecule has 2 aliphatic rings. The number of likely N-dealkylation sites (tertiary alicyclic amines) is 1. The van der Waals surface area contributed by atoms with Crippen LogP contribution in [0.5, 0.6) is 0 Å². The van der Waals surface area contributed by atoms with E-state index in [9.17, 15) is 5.11 Å². The van der Waals surface area contributed by atoms with Crippen LogP contribution in [0.1, 0.15) is 24.1 Å². The van der Waals surface area contributed by atoms with Gasteiger partial charge < -0.3 is 10.1 Å². The van der Waals surface area contributed by atoms with Gasteiger partial charge in [-0.3, -0.25) is 4.90 Å². The molecule has 21 heavy (non-hydrogen) atoms. The molecule has 1 unspecified atom stereocenters. The number of rotatable bonds is 2. The van der Waals surface area contributed by atoms with Crippen molar-refractivity contribution in [2.24, 2.45) is 11.8 Å². The van der Waals surface area contributed by atoms with Crippen LogP contribution >= 0.6 is 11.6 Å². The number of hydrogen-bond donors (Lipinski definition) is 2. The number of aromatic nitrogens is 1. The van der Waals surface area contributed by atoms with Gasteiger partial charge in [0.2, 0.25) is 0 Å². The van der Waals surface area contributed by atoms with Gasteiger partial charge in [0.25, 0.3) is 0 Å². The molecule has 1 aromatic heterocycles. The maximum absolute atomic E-state index is 9.74. The number of aromatic amines is 1. The Morgan fingerprint density at radius 3 is 2.71 bits per heavy atom. The fraction of sp³-hybridized carbons (Fsp3) is 0.529. The third kappa shape index (κ3) is 2.37. The molecule has 3 nitrogen and oxygen atoms in total. The molecule has 4 heteroatoms. The maximum Gasteiger partial charge on any atom is 0.0546 e. The van der Waals surface area contributed by atoms with E-state index < -0.39 is 0 Å². The molecule has 2 N–H and O–H groups in total. The van der Waals surface area contributed by atoms with E-state index >= 15 is 0 Å². The van der Waals surface area contributed by atoms with Gasteiger partial charge in [-0.2, -0.15) is 0 Å². The van der Waals surface area contributed by atoms with Crippen LogP contribution in [0.3, 0.4) is 0 Å². The summed E-state index contributed by atoms with van der Waals surface area (Å²) in [6.07, 6.45) is 1.92. The Balaban J connectivity index is 1.54. The predicted octanol–water partition coefficient (Wildman–Crippen LogP) is 3.33. The summed E-state index contributed by atoms with van der Waals surface area (Å²) in [6, 6.07) is 6.04. The van der Waals surface area contributed by atoms with Crippen molar-refractivity contribution in [2.75, 3.05) is 13.1 Å². The van der Waals surface area contributed by atoms with Crippen LogP contribution in [0.4, 0.5) is 0 Å². The summed E-state index contributed by atoms with van der Waals surface area (Å²) in [6.45, 7) is 5.39. The number of benzene rings is 1. The molecule has 0 spiro atoms. The maximum atomic E-state index is 9.74. The third-order valence-electron chi connectivity index (χ3n) is 5.31. The molecule has 0 bridgehead atoms. The number of nitrogens with zero attached hydrogens (tertiary/aromatic N) is 1. The first-order chi connectivity index (χ1) is 10.1. The van der Waals surface area contributed by atoms with Crippen molar-refractivity contribution in [1.29, 1.82) is 0 Å². The van der Waals surface area contributed by atoms with Gasteiger partial charge >= 0.3 is 0 Å². The fourth-order valence-electron chi connectivity index (χ4n) is 4.23. The normalized spacial score (nSPS) is 29.4. The highest BCUT2D eigenvalue weighted by Crippen LogP contribution is 2.38. The van der Waals surface area contributed by atoms with Gasteiger partial charge in [0.1, 0.15) is 0 Å². The van der Waals surface area contributed by atoms with Crippen LogP contribution in [-0.2, 0) is 6.54 Å². The molecule has 1 saturated carbocycles. The Hall–Kier alpha value is -1.03. The van der Waals surface area contributed by atoms with Gasteiger partial charge in [-0.1, -0.05) is 11.6 Å². The highest BCUT2D eigenvalue weighted by molar-refractivity contribution is 6.31. The molecule has 2 heterocycles. The van der Waals surface area contributed by atoms with Crippen LogP contribution in [0, 0.1) is 18.8 Å². The highest BCUT2D eigenvalue weighted by atomic mass is 35.5. The summed E-state index contributed by atoms with van der Waals surface area (Å²) in [5.74, 6) is 1.39. The second-order valence-corrected chi connectivity index (χ2v) is 7.19. The molecule has 1 aromatic carbocycles. The zero-order chi connectivity index (χ0) is 14.6. The highest BCUT2D eigenvalue weighted by Gasteiger charge is 2.40. The standard InChI is InChI=1S/C17H21ClN2O/c1-10-15-6-13(18)2-3-16(15)19-17(10)9-20-7-11-4-14(21)5-12(11)8-20/h2-3,6,11-12,14,19,21H,4-5,7-9H2,1H3/t11-,12+,14?. The first-order valence-electron chi connectivity index (χ1n) is 7.77. The van der Waals surface area contributed by atoms with Crippen molar-refractivity contribution in [1.82, 2.24) is 9.88 Å². The van der Waals surface area contributed by atoms with Gasteiger partial charge in [0.05, 0.1) is 6.10 Å². The number of aryl methyl sites for hydroxylation is 1. The lowest BCUT2D eigenvalue weighted by atomic mass is 10.0. The predicted molar refractivity (Wildman–Crippen MR) is 85.5 cm³/mol. The molecular weight excluding hydrogens is 284 g/mol. The molecule has 3 atom stereocenters. The average molecular weight is 305 g/mol. The average Bonchev–Trinajstić information content (AvgIpc) is 3.04. The summed E-state index contributed by atoms with van der Waals surface area (Å²) in [5.41, 5.74) is 3.78. The Bertz CT molecular complexity index is 667. The fourth-order valence-corrected chi connectivity index (χ4v) is 4.40. The number of aliphatic hydroxyl groups excluding tert-OH is 1.